The molecule has 98 valence electrons. The van der Waals surface area contributed by atoms with Gasteiger partial charge in [0.15, 0.2) is 5.15 Å². The van der Waals surface area contributed by atoms with E-state index in [2.05, 4.69) is 10.3 Å². The average molecular weight is 276 g/mol. The van der Waals surface area contributed by atoms with Crippen molar-refractivity contribution in [1.29, 1.82) is 0 Å². The van der Waals surface area contributed by atoms with E-state index in [1.54, 1.807) is 12.3 Å². The van der Waals surface area contributed by atoms with Crippen LogP contribution in [0.2, 0.25) is 5.15 Å². The highest BCUT2D eigenvalue weighted by Crippen LogP contribution is 2.24. The molecule has 19 heavy (non-hydrogen) atoms. The third-order valence-electron chi connectivity index (χ3n) is 2.80. The lowest BCUT2D eigenvalue weighted by Gasteiger charge is -2.14. The van der Waals surface area contributed by atoms with Crippen molar-refractivity contribution in [2.75, 3.05) is 5.32 Å². The highest BCUT2D eigenvalue weighted by molar-refractivity contribution is 6.32. The van der Waals surface area contributed by atoms with Crippen molar-refractivity contribution in [3.05, 3.63) is 58.9 Å². The minimum absolute atomic E-state index is 0.258. The van der Waals surface area contributed by atoms with E-state index in [0.29, 0.717) is 5.69 Å². The topological polar surface area (TPSA) is 68.0 Å². The first-order chi connectivity index (χ1) is 9.09. The molecule has 0 aliphatic rings. The summed E-state index contributed by atoms with van der Waals surface area (Å²) in [6, 6.07) is 10.2. The van der Waals surface area contributed by atoms with Gasteiger partial charge in [-0.25, -0.2) is 4.98 Å². The summed E-state index contributed by atoms with van der Waals surface area (Å²) in [5.74, 6) is -0.316. The second kappa shape index (κ2) is 5.82. The molecule has 4 nitrogen and oxygen atoms in total. The van der Waals surface area contributed by atoms with Crippen molar-refractivity contribution in [3.63, 3.8) is 0 Å². The fraction of sp³-hybridized carbons (Fsp3) is 0.143. The zero-order valence-electron chi connectivity index (χ0n) is 10.4. The zero-order valence-corrected chi connectivity index (χ0v) is 11.2. The van der Waals surface area contributed by atoms with Gasteiger partial charge >= 0.3 is 0 Å². The van der Waals surface area contributed by atoms with Crippen LogP contribution in [0.4, 0.5) is 5.69 Å². The Morgan fingerprint density at radius 3 is 2.63 bits per heavy atom. The van der Waals surface area contributed by atoms with Crippen LogP contribution in [-0.4, -0.2) is 10.9 Å². The Bertz CT molecular complexity index is 566. The maximum atomic E-state index is 12.1. The number of halogens is 1. The minimum atomic E-state index is -0.739. The van der Waals surface area contributed by atoms with Crippen LogP contribution < -0.4 is 11.1 Å². The largest absolute Gasteiger partial charge is 0.322 e. The van der Waals surface area contributed by atoms with Crippen LogP contribution in [0.15, 0.2) is 42.6 Å². The van der Waals surface area contributed by atoms with Gasteiger partial charge in [0.05, 0.1) is 5.69 Å². The zero-order chi connectivity index (χ0) is 13.8. The van der Waals surface area contributed by atoms with Gasteiger partial charge in [-0.05, 0) is 24.1 Å². The molecule has 5 heteroatoms. The molecule has 1 aromatic heterocycles. The molecular weight excluding hydrogens is 262 g/mol. The van der Waals surface area contributed by atoms with Crippen molar-refractivity contribution in [3.8, 4) is 0 Å². The number of carbonyl (C=O) groups is 1. The summed E-state index contributed by atoms with van der Waals surface area (Å²) >= 11 is 5.96. The van der Waals surface area contributed by atoms with Gasteiger partial charge < -0.3 is 11.1 Å². The molecule has 1 heterocycles. The Kier molecular flexibility index (Phi) is 4.14. The average Bonchev–Trinajstić information content (AvgIpc) is 2.43. The summed E-state index contributed by atoms with van der Waals surface area (Å²) in [4.78, 5) is 16.0. The van der Waals surface area contributed by atoms with Crippen LogP contribution in [0.25, 0.3) is 0 Å². The van der Waals surface area contributed by atoms with Gasteiger partial charge in [0.2, 0.25) is 5.91 Å². The highest BCUT2D eigenvalue weighted by Gasteiger charge is 2.17. The summed E-state index contributed by atoms with van der Waals surface area (Å²) in [5, 5.41) is 2.98. The van der Waals surface area contributed by atoms with E-state index in [4.69, 9.17) is 17.3 Å². The molecule has 0 unspecified atom stereocenters. The molecule has 3 N–H and O–H groups in total. The van der Waals surface area contributed by atoms with Crippen LogP contribution in [0.5, 0.6) is 0 Å². The Balaban J connectivity index is 2.18. The lowest BCUT2D eigenvalue weighted by Crippen LogP contribution is -2.28. The molecule has 2 rings (SSSR count). The Morgan fingerprint density at radius 1 is 1.32 bits per heavy atom. The second-order valence-electron chi connectivity index (χ2n) is 4.17. The summed E-state index contributed by atoms with van der Waals surface area (Å²) in [7, 11) is 0. The quantitative estimate of drug-likeness (QED) is 0.846. The minimum Gasteiger partial charge on any atom is -0.322 e. The van der Waals surface area contributed by atoms with E-state index in [9.17, 15) is 4.79 Å². The van der Waals surface area contributed by atoms with Crippen molar-refractivity contribution < 1.29 is 4.79 Å². The maximum absolute atomic E-state index is 12.1. The van der Waals surface area contributed by atoms with Crippen LogP contribution in [0.3, 0.4) is 0 Å². The summed E-state index contributed by atoms with van der Waals surface area (Å²) < 4.78 is 0. The number of pyridine rings is 1. The van der Waals surface area contributed by atoms with Crippen molar-refractivity contribution in [1.82, 2.24) is 4.98 Å². The number of nitrogens with one attached hydrogen (secondary N) is 1. The van der Waals surface area contributed by atoms with Gasteiger partial charge in [0.1, 0.15) is 6.04 Å². The van der Waals surface area contributed by atoms with E-state index in [1.807, 2.05) is 37.3 Å². The third kappa shape index (κ3) is 3.10. The normalized spacial score (nSPS) is 11.9. The number of rotatable bonds is 3. The van der Waals surface area contributed by atoms with Crippen LogP contribution in [-0.2, 0) is 4.79 Å². The number of anilines is 1. The molecule has 0 saturated heterocycles. The summed E-state index contributed by atoms with van der Waals surface area (Å²) in [5.41, 5.74) is 8.00. The molecule has 1 atom stereocenters. The number of hydrogen-bond donors (Lipinski definition) is 2. The Labute approximate surface area is 116 Å². The monoisotopic (exact) mass is 275 g/mol. The summed E-state index contributed by atoms with van der Waals surface area (Å²) in [6.45, 7) is 1.84. The van der Waals surface area contributed by atoms with Gasteiger partial charge in [0, 0.05) is 6.20 Å². The number of amides is 1. The second-order valence-corrected chi connectivity index (χ2v) is 4.53. The first-order valence-electron chi connectivity index (χ1n) is 5.82. The molecule has 1 amide bonds. The molecule has 0 aliphatic heterocycles. The number of aromatic nitrogens is 1. The predicted molar refractivity (Wildman–Crippen MR) is 76.0 cm³/mol. The van der Waals surface area contributed by atoms with Gasteiger partial charge in [0.25, 0.3) is 0 Å². The molecule has 0 saturated carbocycles. The molecule has 0 fully saturated rings. The predicted octanol–water partition coefficient (Wildman–Crippen LogP) is 2.68. The van der Waals surface area contributed by atoms with E-state index >= 15 is 0 Å². The van der Waals surface area contributed by atoms with E-state index in [1.165, 1.54) is 0 Å². The fourth-order valence-corrected chi connectivity index (χ4v) is 1.94. The first-order valence-corrected chi connectivity index (χ1v) is 6.20. The standard InChI is InChI=1S/C14H14ClN3O/c1-9-7-8-17-13(15)12(9)18-14(19)11(16)10-5-3-2-4-6-10/h2-8,11H,16H2,1H3,(H,18,19)/t11-/m0/s1. The van der Waals surface area contributed by atoms with Gasteiger partial charge in [-0.3, -0.25) is 4.79 Å². The lowest BCUT2D eigenvalue weighted by molar-refractivity contribution is -0.117. The van der Waals surface area contributed by atoms with Gasteiger partial charge in [-0.2, -0.15) is 0 Å². The van der Waals surface area contributed by atoms with E-state index in [0.717, 1.165) is 11.1 Å². The molecule has 0 aliphatic carbocycles. The number of nitrogens with two attached hydrogens (primary N) is 1. The molecular formula is C14H14ClN3O. The van der Waals surface area contributed by atoms with E-state index in [-0.39, 0.29) is 11.1 Å². The molecule has 0 radical (unpaired) electrons. The number of benzene rings is 1. The first kappa shape index (κ1) is 13.5. The fourth-order valence-electron chi connectivity index (χ4n) is 1.69. The molecule has 1 aromatic carbocycles. The van der Waals surface area contributed by atoms with Crippen molar-refractivity contribution >= 4 is 23.2 Å². The Hall–Kier alpha value is -1.91. The molecule has 0 bridgehead atoms. The SMILES string of the molecule is Cc1ccnc(Cl)c1NC(=O)[C@@H](N)c1ccccc1. The number of carbonyl (C=O) groups excluding carboxylic acids is 1. The van der Waals surface area contributed by atoms with Crippen LogP contribution >= 0.6 is 11.6 Å². The Morgan fingerprint density at radius 2 is 2.00 bits per heavy atom. The van der Waals surface area contributed by atoms with Crippen LogP contribution in [0.1, 0.15) is 17.2 Å². The van der Waals surface area contributed by atoms with Crippen molar-refractivity contribution in [2.45, 2.75) is 13.0 Å². The molecule has 0 spiro atoms. The smallest absolute Gasteiger partial charge is 0.245 e. The maximum Gasteiger partial charge on any atom is 0.245 e. The lowest BCUT2D eigenvalue weighted by atomic mass is 10.1. The number of aryl methyl sites for hydroxylation is 1. The van der Waals surface area contributed by atoms with Gasteiger partial charge in [-0.1, -0.05) is 41.9 Å². The number of hydrogen-bond acceptors (Lipinski definition) is 3. The number of nitrogens with zero attached hydrogens (tertiary/aromatic N) is 1. The third-order valence-corrected chi connectivity index (χ3v) is 3.09. The van der Waals surface area contributed by atoms with E-state index < -0.39 is 6.04 Å². The molecule has 2 aromatic rings. The van der Waals surface area contributed by atoms with Crippen molar-refractivity contribution in [2.24, 2.45) is 5.73 Å². The van der Waals surface area contributed by atoms with Crippen LogP contribution in [0, 0.1) is 6.92 Å². The highest BCUT2D eigenvalue weighted by atomic mass is 35.5. The van der Waals surface area contributed by atoms with Gasteiger partial charge in [-0.15, -0.1) is 0 Å². The summed E-state index contributed by atoms with van der Waals surface area (Å²) in [6.07, 6.45) is 1.59.